The number of nitrogens with one attached hydrogen (secondary N) is 2. The smallest absolute Gasteiger partial charge is 0.326 e. The molecule has 2 N–H and O–H groups in total. The van der Waals surface area contributed by atoms with E-state index in [2.05, 4.69) is 10.6 Å². The molecule has 1 fully saturated rings. The van der Waals surface area contributed by atoms with Gasteiger partial charge in [0.15, 0.2) is 23.9 Å². The van der Waals surface area contributed by atoms with Crippen LogP contribution < -0.4 is 20.1 Å². The first-order chi connectivity index (χ1) is 12.6. The summed E-state index contributed by atoms with van der Waals surface area (Å²) in [5.74, 6) is 0.163. The van der Waals surface area contributed by atoms with Gasteiger partial charge < -0.3 is 14.8 Å². The second kappa shape index (κ2) is 7.52. The monoisotopic (exact) mass is 352 g/mol. The Bertz CT molecular complexity index is 890. The first-order valence-electron chi connectivity index (χ1n) is 7.80. The van der Waals surface area contributed by atoms with E-state index in [4.69, 9.17) is 9.47 Å². The molecule has 0 aliphatic carbocycles. The summed E-state index contributed by atoms with van der Waals surface area (Å²) < 4.78 is 10.8. The van der Waals surface area contributed by atoms with E-state index >= 15 is 0 Å². The first kappa shape index (κ1) is 17.2. The number of benzene rings is 2. The average Bonchev–Trinajstić information content (AvgIpc) is 2.97. The van der Waals surface area contributed by atoms with E-state index in [1.54, 1.807) is 42.5 Å². The van der Waals surface area contributed by atoms with Gasteiger partial charge in [-0.1, -0.05) is 36.4 Å². The van der Waals surface area contributed by atoms with E-state index in [1.807, 2.05) is 6.07 Å². The van der Waals surface area contributed by atoms with Crippen LogP contribution in [0.5, 0.6) is 11.5 Å². The van der Waals surface area contributed by atoms with Crippen molar-refractivity contribution in [2.75, 3.05) is 13.7 Å². The quantitative estimate of drug-likeness (QED) is 0.472. The maximum absolute atomic E-state index is 12.1. The molecule has 3 amide bonds. The Morgan fingerprint density at radius 3 is 2.46 bits per heavy atom. The lowest BCUT2D eigenvalue weighted by Gasteiger charge is -2.11. The molecule has 1 aliphatic rings. The van der Waals surface area contributed by atoms with Gasteiger partial charge >= 0.3 is 6.03 Å². The zero-order valence-corrected chi connectivity index (χ0v) is 13.9. The molecule has 132 valence electrons. The number of rotatable bonds is 6. The Hall–Kier alpha value is -3.61. The number of hydrogen-bond acceptors (Lipinski definition) is 5. The molecular weight excluding hydrogens is 336 g/mol. The molecule has 1 aliphatic heterocycles. The Kier molecular flexibility index (Phi) is 4.98. The van der Waals surface area contributed by atoms with Crippen LogP contribution in [0, 0.1) is 0 Å². The van der Waals surface area contributed by atoms with Crippen molar-refractivity contribution < 1.29 is 23.9 Å². The number of carbonyl (C=O) groups is 3. The second-order valence-electron chi connectivity index (χ2n) is 5.45. The van der Waals surface area contributed by atoms with Gasteiger partial charge in [-0.15, -0.1) is 0 Å². The fourth-order valence-corrected chi connectivity index (χ4v) is 2.39. The van der Waals surface area contributed by atoms with Gasteiger partial charge in [0.2, 0.25) is 0 Å². The topological polar surface area (TPSA) is 93.7 Å². The van der Waals surface area contributed by atoms with Crippen LogP contribution in [0.2, 0.25) is 0 Å². The Labute approximate surface area is 149 Å². The maximum atomic E-state index is 12.1. The minimum absolute atomic E-state index is 0.126. The van der Waals surface area contributed by atoms with Crippen molar-refractivity contribution in [1.29, 1.82) is 0 Å². The summed E-state index contributed by atoms with van der Waals surface area (Å²) in [6.45, 7) is -0.126. The molecule has 0 aromatic heterocycles. The van der Waals surface area contributed by atoms with Crippen LogP contribution in [-0.4, -0.2) is 31.4 Å². The minimum atomic E-state index is -0.562. The number of hydrogen-bond donors (Lipinski definition) is 2. The molecule has 3 rings (SSSR count). The van der Waals surface area contributed by atoms with E-state index in [1.165, 1.54) is 13.2 Å². The summed E-state index contributed by atoms with van der Waals surface area (Å²) in [6, 6.07) is 13.3. The lowest BCUT2D eigenvalue weighted by molar-refractivity contribution is -0.115. The molecule has 7 heteroatoms. The van der Waals surface area contributed by atoms with Crippen LogP contribution in [0.4, 0.5) is 4.79 Å². The molecule has 2 aromatic carbocycles. The number of ketones is 1. The van der Waals surface area contributed by atoms with Crippen molar-refractivity contribution in [3.63, 3.8) is 0 Å². The van der Waals surface area contributed by atoms with Gasteiger partial charge in [0.25, 0.3) is 5.91 Å². The maximum Gasteiger partial charge on any atom is 0.326 e. The molecule has 26 heavy (non-hydrogen) atoms. The van der Waals surface area contributed by atoms with E-state index in [0.29, 0.717) is 22.6 Å². The Morgan fingerprint density at radius 2 is 1.81 bits per heavy atom. The summed E-state index contributed by atoms with van der Waals surface area (Å²) in [5.41, 5.74) is 1.34. The molecule has 2 aromatic rings. The number of imide groups is 1. The highest BCUT2D eigenvalue weighted by Crippen LogP contribution is 2.29. The van der Waals surface area contributed by atoms with Gasteiger partial charge in [0.1, 0.15) is 5.70 Å². The number of ether oxygens (including phenoxy) is 2. The third-order valence-corrected chi connectivity index (χ3v) is 3.67. The third kappa shape index (κ3) is 3.89. The molecule has 1 saturated heterocycles. The predicted octanol–water partition coefficient (Wildman–Crippen LogP) is 2.14. The number of urea groups is 1. The SMILES string of the molecule is COc1cc(/C=C2\NC(=O)NC2=O)ccc1OCC(=O)c1ccccc1. The van der Waals surface area contributed by atoms with Gasteiger partial charge in [-0.2, -0.15) is 0 Å². The highest BCUT2D eigenvalue weighted by molar-refractivity contribution is 6.14. The zero-order valence-electron chi connectivity index (χ0n) is 13.9. The number of Topliss-reactive ketones (excluding diaryl/α,β-unsaturated/α-hetero) is 1. The van der Waals surface area contributed by atoms with Crippen LogP contribution in [0.15, 0.2) is 54.2 Å². The summed E-state index contributed by atoms with van der Waals surface area (Å²) in [5, 5.41) is 4.53. The average molecular weight is 352 g/mol. The van der Waals surface area contributed by atoms with Crippen molar-refractivity contribution in [3.8, 4) is 11.5 Å². The van der Waals surface area contributed by atoms with Crippen molar-refractivity contribution in [3.05, 3.63) is 65.4 Å². The first-order valence-corrected chi connectivity index (χ1v) is 7.80. The summed E-state index contributed by atoms with van der Waals surface area (Å²) in [7, 11) is 1.47. The van der Waals surface area contributed by atoms with Crippen molar-refractivity contribution in [1.82, 2.24) is 10.6 Å². The predicted molar refractivity (Wildman–Crippen MR) is 93.9 cm³/mol. The fourth-order valence-electron chi connectivity index (χ4n) is 2.39. The molecule has 0 bridgehead atoms. The molecule has 0 atom stereocenters. The van der Waals surface area contributed by atoms with Crippen LogP contribution in [0.3, 0.4) is 0 Å². The van der Waals surface area contributed by atoms with E-state index in [-0.39, 0.29) is 18.1 Å². The van der Waals surface area contributed by atoms with E-state index in [9.17, 15) is 14.4 Å². The summed E-state index contributed by atoms with van der Waals surface area (Å²) >= 11 is 0. The summed E-state index contributed by atoms with van der Waals surface area (Å²) in [4.78, 5) is 34.8. The zero-order chi connectivity index (χ0) is 18.5. The normalized spacial score (nSPS) is 14.7. The highest BCUT2D eigenvalue weighted by Gasteiger charge is 2.22. The van der Waals surface area contributed by atoms with Crippen LogP contribution in [-0.2, 0) is 4.79 Å². The van der Waals surface area contributed by atoms with Crippen molar-refractivity contribution >= 4 is 23.8 Å². The standard InChI is InChI=1S/C19H16N2O5/c1-25-17-10-12(9-14-18(23)21-19(24)20-14)7-8-16(17)26-11-15(22)13-5-3-2-4-6-13/h2-10H,11H2,1H3,(H2,20,21,23,24)/b14-9-. The number of methoxy groups -OCH3 is 1. The Balaban J connectivity index is 1.73. The van der Waals surface area contributed by atoms with Gasteiger partial charge in [0.05, 0.1) is 7.11 Å². The molecule has 7 nitrogen and oxygen atoms in total. The van der Waals surface area contributed by atoms with Crippen LogP contribution in [0.25, 0.3) is 6.08 Å². The molecular formula is C19H16N2O5. The largest absolute Gasteiger partial charge is 0.493 e. The van der Waals surface area contributed by atoms with E-state index < -0.39 is 11.9 Å². The lowest BCUT2D eigenvalue weighted by Crippen LogP contribution is -2.22. The third-order valence-electron chi connectivity index (χ3n) is 3.67. The van der Waals surface area contributed by atoms with E-state index in [0.717, 1.165) is 0 Å². The van der Waals surface area contributed by atoms with Crippen molar-refractivity contribution in [2.45, 2.75) is 0 Å². The number of amides is 3. The lowest BCUT2D eigenvalue weighted by atomic mass is 10.1. The minimum Gasteiger partial charge on any atom is -0.493 e. The number of carbonyl (C=O) groups excluding carboxylic acids is 3. The molecule has 0 unspecified atom stereocenters. The molecule has 0 saturated carbocycles. The van der Waals surface area contributed by atoms with Gasteiger partial charge in [0, 0.05) is 5.56 Å². The highest BCUT2D eigenvalue weighted by atomic mass is 16.5. The summed E-state index contributed by atoms with van der Waals surface area (Å²) in [6.07, 6.45) is 1.52. The molecule has 1 heterocycles. The van der Waals surface area contributed by atoms with Gasteiger partial charge in [-0.05, 0) is 23.8 Å². The Morgan fingerprint density at radius 1 is 1.04 bits per heavy atom. The van der Waals surface area contributed by atoms with Crippen LogP contribution >= 0.6 is 0 Å². The molecule has 0 spiro atoms. The molecule has 0 radical (unpaired) electrons. The second-order valence-corrected chi connectivity index (χ2v) is 5.45. The fraction of sp³-hybridized carbons (Fsp3) is 0.105. The van der Waals surface area contributed by atoms with Gasteiger partial charge in [-0.3, -0.25) is 14.9 Å². The van der Waals surface area contributed by atoms with Crippen LogP contribution in [0.1, 0.15) is 15.9 Å². The van der Waals surface area contributed by atoms with Gasteiger partial charge in [-0.25, -0.2) is 4.79 Å². The van der Waals surface area contributed by atoms with Crippen molar-refractivity contribution in [2.24, 2.45) is 0 Å².